The molecule has 0 aliphatic heterocycles. The lowest BCUT2D eigenvalue weighted by molar-refractivity contribution is 1.32. The fourth-order valence-corrected chi connectivity index (χ4v) is 1.32. The van der Waals surface area contributed by atoms with Crippen LogP contribution in [0.1, 0.15) is 0 Å². The van der Waals surface area contributed by atoms with E-state index in [1.165, 1.54) is 10.9 Å². The van der Waals surface area contributed by atoms with Gasteiger partial charge in [-0.3, -0.25) is 4.98 Å². The number of rotatable bonds is 0. The van der Waals surface area contributed by atoms with E-state index in [0.29, 0.717) is 0 Å². The van der Waals surface area contributed by atoms with Crippen molar-refractivity contribution in [3.63, 3.8) is 0 Å². The van der Waals surface area contributed by atoms with Crippen molar-refractivity contribution in [2.24, 2.45) is 0 Å². The topological polar surface area (TPSA) is 17.8 Å². The normalized spacial score (nSPS) is 10.5. The number of hydrogen-bond donors (Lipinski definition) is 0. The summed E-state index contributed by atoms with van der Waals surface area (Å²) >= 11 is 0. The predicted octanol–water partition coefficient (Wildman–Crippen LogP) is 1.67. The number of aromatic nitrogens is 2. The minimum atomic E-state index is 1.18. The van der Waals surface area contributed by atoms with Gasteiger partial charge in [0.05, 0.1) is 5.52 Å². The van der Waals surface area contributed by atoms with Gasteiger partial charge in [-0.1, -0.05) is 0 Å². The summed E-state index contributed by atoms with van der Waals surface area (Å²) < 4.78 is 2.00. The second kappa shape index (κ2) is 2.06. The Morgan fingerprint density at radius 3 is 3.10 bits per heavy atom. The van der Waals surface area contributed by atoms with Crippen molar-refractivity contribution in [1.29, 1.82) is 0 Å². The van der Waals surface area contributed by atoms with Crippen LogP contribution in [0.3, 0.4) is 0 Å². The fourth-order valence-electron chi connectivity index (χ4n) is 1.00. The number of hydrogen-bond acceptors (Lipinski definition) is 1. The van der Waals surface area contributed by atoms with Crippen molar-refractivity contribution < 1.29 is 0 Å². The standard InChI is InChI=1S/C7H7N2P/c10-9-4-2-6-5-8-3-1-7(6)9/h1-5H,10H2. The van der Waals surface area contributed by atoms with Gasteiger partial charge in [0.1, 0.15) is 0 Å². The molecular formula is C7H7N2P. The highest BCUT2D eigenvalue weighted by Crippen LogP contribution is 2.15. The molecular weight excluding hydrogens is 143 g/mol. The molecule has 2 heterocycles. The first kappa shape index (κ1) is 5.87. The fraction of sp³-hybridized carbons (Fsp3) is 0. The second-order valence-electron chi connectivity index (χ2n) is 2.16. The molecule has 2 rings (SSSR count). The summed E-state index contributed by atoms with van der Waals surface area (Å²) in [4.78, 5) is 4.00. The molecule has 3 heteroatoms. The van der Waals surface area contributed by atoms with E-state index < -0.39 is 0 Å². The molecule has 0 radical (unpaired) electrons. The molecule has 0 fully saturated rings. The van der Waals surface area contributed by atoms with Crippen LogP contribution in [0.5, 0.6) is 0 Å². The van der Waals surface area contributed by atoms with Crippen LogP contribution in [-0.4, -0.2) is 9.32 Å². The Balaban J connectivity index is 2.93. The molecule has 0 spiro atoms. The highest BCUT2D eigenvalue weighted by molar-refractivity contribution is 7.14. The zero-order chi connectivity index (χ0) is 6.97. The van der Waals surface area contributed by atoms with Crippen LogP contribution in [0.2, 0.25) is 0 Å². The summed E-state index contributed by atoms with van der Waals surface area (Å²) in [5.74, 6) is 0. The molecule has 2 aromatic heterocycles. The lowest BCUT2D eigenvalue weighted by Gasteiger charge is -1.91. The molecule has 0 aliphatic rings. The van der Waals surface area contributed by atoms with Gasteiger partial charge in [0.2, 0.25) is 0 Å². The molecule has 0 N–H and O–H groups in total. The van der Waals surface area contributed by atoms with Crippen LogP contribution in [0.4, 0.5) is 0 Å². The summed E-state index contributed by atoms with van der Waals surface area (Å²) in [6.45, 7) is 0. The lowest BCUT2D eigenvalue weighted by atomic mass is 10.3. The Morgan fingerprint density at radius 1 is 1.40 bits per heavy atom. The van der Waals surface area contributed by atoms with E-state index in [9.17, 15) is 0 Å². The minimum Gasteiger partial charge on any atom is -0.332 e. The molecule has 1 atom stereocenters. The average molecular weight is 150 g/mol. The maximum Gasteiger partial charge on any atom is 0.0540 e. The second-order valence-corrected chi connectivity index (χ2v) is 2.71. The van der Waals surface area contributed by atoms with Crippen LogP contribution in [0.25, 0.3) is 10.9 Å². The van der Waals surface area contributed by atoms with Gasteiger partial charge in [-0.25, -0.2) is 0 Å². The SMILES string of the molecule is Pn1ccc2cnccc21. The first-order valence-corrected chi connectivity index (χ1v) is 3.56. The Kier molecular flexibility index (Phi) is 1.21. The molecule has 50 valence electrons. The van der Waals surface area contributed by atoms with Gasteiger partial charge in [0, 0.05) is 24.0 Å². The molecule has 0 bridgehead atoms. The molecule has 2 aromatic rings. The van der Waals surface area contributed by atoms with Crippen molar-refractivity contribution in [3.8, 4) is 0 Å². The van der Waals surface area contributed by atoms with Crippen molar-refractivity contribution >= 4 is 20.3 Å². The highest BCUT2D eigenvalue weighted by atomic mass is 31.0. The van der Waals surface area contributed by atoms with Crippen LogP contribution in [0.15, 0.2) is 30.7 Å². The monoisotopic (exact) mass is 150 g/mol. The van der Waals surface area contributed by atoms with Gasteiger partial charge in [-0.2, -0.15) is 0 Å². The summed E-state index contributed by atoms with van der Waals surface area (Å²) in [6, 6.07) is 4.03. The molecule has 0 aliphatic carbocycles. The third kappa shape index (κ3) is 0.729. The third-order valence-electron chi connectivity index (χ3n) is 1.52. The van der Waals surface area contributed by atoms with Gasteiger partial charge in [0.15, 0.2) is 0 Å². The Bertz CT molecular complexity index is 353. The van der Waals surface area contributed by atoms with E-state index in [4.69, 9.17) is 0 Å². The quantitative estimate of drug-likeness (QED) is 0.522. The summed E-state index contributed by atoms with van der Waals surface area (Å²) in [5.41, 5.74) is 1.19. The molecule has 10 heavy (non-hydrogen) atoms. The minimum absolute atomic E-state index is 1.18. The Morgan fingerprint density at radius 2 is 2.30 bits per heavy atom. The van der Waals surface area contributed by atoms with Crippen molar-refractivity contribution in [2.45, 2.75) is 0 Å². The van der Waals surface area contributed by atoms with E-state index in [2.05, 4.69) is 14.4 Å². The first-order chi connectivity index (χ1) is 4.88. The summed E-state index contributed by atoms with van der Waals surface area (Å²) in [6.07, 6.45) is 5.65. The van der Waals surface area contributed by atoms with Crippen LogP contribution < -0.4 is 0 Å². The number of fused-ring (bicyclic) bond motifs is 1. The summed E-state index contributed by atoms with van der Waals surface area (Å²) in [7, 11) is 2.62. The zero-order valence-corrected chi connectivity index (χ0v) is 6.51. The zero-order valence-electron chi connectivity index (χ0n) is 5.36. The predicted molar refractivity (Wildman–Crippen MR) is 44.8 cm³/mol. The molecule has 0 aromatic carbocycles. The van der Waals surface area contributed by atoms with Crippen LogP contribution >= 0.6 is 9.39 Å². The molecule has 1 unspecified atom stereocenters. The maximum absolute atomic E-state index is 4.00. The number of pyridine rings is 1. The molecule has 0 saturated heterocycles. The van der Waals surface area contributed by atoms with Crippen molar-refractivity contribution in [3.05, 3.63) is 30.7 Å². The van der Waals surface area contributed by atoms with Gasteiger partial charge in [0.25, 0.3) is 0 Å². The van der Waals surface area contributed by atoms with Gasteiger partial charge < -0.3 is 4.34 Å². The molecule has 0 amide bonds. The Hall–Kier alpha value is -0.880. The van der Waals surface area contributed by atoms with Crippen molar-refractivity contribution in [1.82, 2.24) is 9.32 Å². The van der Waals surface area contributed by atoms with Gasteiger partial charge in [-0.15, -0.1) is 0 Å². The van der Waals surface area contributed by atoms with Gasteiger partial charge >= 0.3 is 0 Å². The van der Waals surface area contributed by atoms with Crippen molar-refractivity contribution in [2.75, 3.05) is 0 Å². The van der Waals surface area contributed by atoms with Crippen LogP contribution in [-0.2, 0) is 0 Å². The largest absolute Gasteiger partial charge is 0.332 e. The van der Waals surface area contributed by atoms with E-state index in [0.717, 1.165) is 0 Å². The first-order valence-electron chi connectivity index (χ1n) is 3.04. The number of nitrogens with zero attached hydrogens (tertiary/aromatic N) is 2. The summed E-state index contributed by atoms with van der Waals surface area (Å²) in [5, 5.41) is 1.18. The van der Waals surface area contributed by atoms with E-state index >= 15 is 0 Å². The smallest absolute Gasteiger partial charge is 0.0540 e. The van der Waals surface area contributed by atoms with Gasteiger partial charge in [-0.05, 0) is 21.5 Å². The third-order valence-corrected chi connectivity index (χ3v) is 1.97. The molecule has 0 saturated carbocycles. The van der Waals surface area contributed by atoms with E-state index in [1.54, 1.807) is 6.20 Å². The average Bonchev–Trinajstić information content (AvgIpc) is 2.34. The van der Waals surface area contributed by atoms with E-state index in [-0.39, 0.29) is 0 Å². The highest BCUT2D eigenvalue weighted by Gasteiger charge is 1.93. The Labute approximate surface area is 61.1 Å². The maximum atomic E-state index is 4.00. The molecule has 2 nitrogen and oxygen atoms in total. The van der Waals surface area contributed by atoms with Crippen LogP contribution in [0, 0.1) is 0 Å². The van der Waals surface area contributed by atoms with E-state index in [1.807, 2.05) is 28.9 Å². The lowest BCUT2D eigenvalue weighted by Crippen LogP contribution is -1.74.